The van der Waals surface area contributed by atoms with Crippen LogP contribution in [0.1, 0.15) is 23.6 Å². The molecule has 24 heavy (non-hydrogen) atoms. The zero-order valence-corrected chi connectivity index (χ0v) is 14.5. The molecule has 1 atom stereocenters. The molecule has 0 saturated carbocycles. The molecular formula is C17H18ClNO4S. The van der Waals surface area contributed by atoms with Crippen molar-refractivity contribution < 1.29 is 17.9 Å². The molecule has 0 spiro atoms. The Hall–Kier alpha value is -2.05. The summed E-state index contributed by atoms with van der Waals surface area (Å²) in [6.07, 6.45) is -0.448. The van der Waals surface area contributed by atoms with Crippen LogP contribution in [0.15, 0.2) is 60.7 Å². The van der Waals surface area contributed by atoms with E-state index in [0.717, 1.165) is 11.1 Å². The fourth-order valence-corrected chi connectivity index (χ4v) is 2.96. The van der Waals surface area contributed by atoms with E-state index in [1.807, 2.05) is 60.7 Å². The highest BCUT2D eigenvalue weighted by molar-refractivity contribution is 8.13. The second kappa shape index (κ2) is 8.70. The third-order valence-electron chi connectivity index (χ3n) is 3.36. The molecule has 7 heteroatoms. The van der Waals surface area contributed by atoms with Crippen molar-refractivity contribution in [2.75, 3.05) is 5.75 Å². The monoisotopic (exact) mass is 367 g/mol. The predicted molar refractivity (Wildman–Crippen MR) is 93.2 cm³/mol. The molecule has 0 aliphatic rings. The zero-order valence-electron chi connectivity index (χ0n) is 12.9. The van der Waals surface area contributed by atoms with Crippen molar-refractivity contribution in [3.8, 4) is 0 Å². The maximum Gasteiger partial charge on any atom is 0.407 e. The van der Waals surface area contributed by atoms with Gasteiger partial charge in [-0.05, 0) is 17.5 Å². The van der Waals surface area contributed by atoms with Crippen LogP contribution in [0.4, 0.5) is 4.79 Å². The SMILES string of the molecule is O=C(NC(CCS(=O)(=O)Cl)c1ccccc1)OCc1ccccc1. The minimum Gasteiger partial charge on any atom is -0.445 e. The van der Waals surface area contributed by atoms with Crippen LogP contribution in [0.2, 0.25) is 0 Å². The van der Waals surface area contributed by atoms with Crippen LogP contribution in [-0.2, 0) is 20.4 Å². The molecule has 2 rings (SSSR count). The highest BCUT2D eigenvalue weighted by Crippen LogP contribution is 2.18. The molecule has 0 bridgehead atoms. The lowest BCUT2D eigenvalue weighted by Gasteiger charge is -2.18. The van der Waals surface area contributed by atoms with E-state index in [9.17, 15) is 13.2 Å². The van der Waals surface area contributed by atoms with Crippen molar-refractivity contribution in [1.82, 2.24) is 5.32 Å². The van der Waals surface area contributed by atoms with E-state index in [1.165, 1.54) is 0 Å². The second-order valence-electron chi connectivity index (χ2n) is 5.20. The van der Waals surface area contributed by atoms with E-state index < -0.39 is 21.2 Å². The molecular weight excluding hydrogens is 350 g/mol. The first-order chi connectivity index (χ1) is 11.4. The predicted octanol–water partition coefficient (Wildman–Crippen LogP) is 3.61. The Balaban J connectivity index is 1.97. The number of hydrogen-bond acceptors (Lipinski definition) is 4. The average molecular weight is 368 g/mol. The summed E-state index contributed by atoms with van der Waals surface area (Å²) in [5.41, 5.74) is 1.65. The number of alkyl carbamates (subject to hydrolysis) is 1. The molecule has 0 aliphatic carbocycles. The molecule has 1 N–H and O–H groups in total. The van der Waals surface area contributed by atoms with Gasteiger partial charge in [0.2, 0.25) is 9.05 Å². The lowest BCUT2D eigenvalue weighted by Crippen LogP contribution is -2.30. The van der Waals surface area contributed by atoms with Gasteiger partial charge in [-0.25, -0.2) is 13.2 Å². The Morgan fingerprint density at radius 3 is 2.21 bits per heavy atom. The number of amides is 1. The summed E-state index contributed by atoms with van der Waals surface area (Å²) in [5, 5.41) is 2.69. The van der Waals surface area contributed by atoms with Crippen LogP contribution in [0.25, 0.3) is 0 Å². The van der Waals surface area contributed by atoms with Crippen LogP contribution in [0, 0.1) is 0 Å². The van der Waals surface area contributed by atoms with E-state index in [0.29, 0.717) is 0 Å². The van der Waals surface area contributed by atoms with Gasteiger partial charge in [-0.15, -0.1) is 0 Å². The molecule has 5 nitrogen and oxygen atoms in total. The molecule has 0 heterocycles. The van der Waals surface area contributed by atoms with Gasteiger partial charge in [0.25, 0.3) is 0 Å². The summed E-state index contributed by atoms with van der Waals surface area (Å²) in [6.45, 7) is 0.141. The van der Waals surface area contributed by atoms with Gasteiger partial charge in [-0.2, -0.15) is 0 Å². The van der Waals surface area contributed by atoms with Crippen LogP contribution >= 0.6 is 10.7 Å². The highest BCUT2D eigenvalue weighted by atomic mass is 35.7. The van der Waals surface area contributed by atoms with E-state index in [2.05, 4.69) is 5.32 Å². The highest BCUT2D eigenvalue weighted by Gasteiger charge is 2.18. The van der Waals surface area contributed by atoms with Crippen molar-refractivity contribution >= 4 is 25.8 Å². The summed E-state index contributed by atoms with van der Waals surface area (Å²) < 4.78 is 27.5. The Morgan fingerprint density at radius 1 is 1.04 bits per heavy atom. The summed E-state index contributed by atoms with van der Waals surface area (Å²) in [4.78, 5) is 12.0. The van der Waals surface area contributed by atoms with Gasteiger partial charge in [-0.1, -0.05) is 60.7 Å². The third-order valence-corrected chi connectivity index (χ3v) is 4.54. The second-order valence-corrected chi connectivity index (χ2v) is 8.10. The standard InChI is InChI=1S/C17H18ClNO4S/c18-24(21,22)12-11-16(15-9-5-2-6-10-15)19-17(20)23-13-14-7-3-1-4-8-14/h1-10,16H,11-13H2,(H,19,20). The summed E-state index contributed by atoms with van der Waals surface area (Å²) >= 11 is 0. The normalized spacial score (nSPS) is 12.4. The molecule has 1 unspecified atom stereocenters. The number of ether oxygens (including phenoxy) is 1. The number of hydrogen-bond donors (Lipinski definition) is 1. The number of benzene rings is 2. The van der Waals surface area contributed by atoms with Crippen molar-refractivity contribution in [3.63, 3.8) is 0 Å². The number of carbonyl (C=O) groups is 1. The summed E-state index contributed by atoms with van der Waals surface area (Å²) in [6, 6.07) is 17.9. The first-order valence-corrected chi connectivity index (χ1v) is 9.86. The van der Waals surface area contributed by atoms with Crippen molar-refractivity contribution in [2.45, 2.75) is 19.1 Å². The molecule has 0 fully saturated rings. The molecule has 2 aromatic carbocycles. The Labute approximate surface area is 146 Å². The summed E-state index contributed by atoms with van der Waals surface area (Å²) in [7, 11) is 1.63. The van der Waals surface area contributed by atoms with Gasteiger partial charge < -0.3 is 10.1 Å². The van der Waals surface area contributed by atoms with Gasteiger partial charge in [0, 0.05) is 10.7 Å². The van der Waals surface area contributed by atoms with Gasteiger partial charge in [0.05, 0.1) is 11.8 Å². The number of rotatable bonds is 7. The smallest absolute Gasteiger partial charge is 0.407 e. The number of nitrogens with one attached hydrogen (secondary N) is 1. The van der Waals surface area contributed by atoms with Crippen LogP contribution in [-0.4, -0.2) is 20.3 Å². The van der Waals surface area contributed by atoms with Crippen LogP contribution < -0.4 is 5.32 Å². The zero-order chi connectivity index (χ0) is 17.4. The Morgan fingerprint density at radius 2 is 1.62 bits per heavy atom. The third kappa shape index (κ3) is 6.60. The van der Waals surface area contributed by atoms with E-state index in [4.69, 9.17) is 15.4 Å². The fourth-order valence-electron chi connectivity index (χ4n) is 2.17. The number of halogens is 1. The summed E-state index contributed by atoms with van der Waals surface area (Å²) in [5.74, 6) is -0.243. The molecule has 1 amide bonds. The first kappa shape index (κ1) is 18.3. The van der Waals surface area contributed by atoms with Crippen molar-refractivity contribution in [3.05, 3.63) is 71.8 Å². The molecule has 0 aliphatic heterocycles. The van der Waals surface area contributed by atoms with Crippen LogP contribution in [0.3, 0.4) is 0 Å². The minimum absolute atomic E-state index is 0.141. The van der Waals surface area contributed by atoms with E-state index in [-0.39, 0.29) is 18.8 Å². The quantitative estimate of drug-likeness (QED) is 0.759. The Bertz CT molecular complexity index is 751. The largest absolute Gasteiger partial charge is 0.445 e. The lowest BCUT2D eigenvalue weighted by molar-refractivity contribution is 0.135. The maximum atomic E-state index is 12.0. The van der Waals surface area contributed by atoms with Crippen molar-refractivity contribution in [2.24, 2.45) is 0 Å². The molecule has 0 radical (unpaired) electrons. The van der Waals surface area contributed by atoms with Gasteiger partial charge in [0.15, 0.2) is 0 Å². The molecule has 0 saturated heterocycles. The van der Waals surface area contributed by atoms with Gasteiger partial charge >= 0.3 is 6.09 Å². The number of carbonyl (C=O) groups excluding carboxylic acids is 1. The van der Waals surface area contributed by atoms with Gasteiger partial charge in [-0.3, -0.25) is 0 Å². The van der Waals surface area contributed by atoms with E-state index >= 15 is 0 Å². The Kier molecular flexibility index (Phi) is 6.63. The maximum absolute atomic E-state index is 12.0. The minimum atomic E-state index is -3.64. The van der Waals surface area contributed by atoms with Crippen molar-refractivity contribution in [1.29, 1.82) is 0 Å². The first-order valence-electron chi connectivity index (χ1n) is 7.38. The fraction of sp³-hybridized carbons (Fsp3) is 0.235. The molecule has 2 aromatic rings. The van der Waals surface area contributed by atoms with Crippen LogP contribution in [0.5, 0.6) is 0 Å². The molecule has 128 valence electrons. The van der Waals surface area contributed by atoms with Gasteiger partial charge in [0.1, 0.15) is 6.61 Å². The topological polar surface area (TPSA) is 72.5 Å². The van der Waals surface area contributed by atoms with E-state index in [1.54, 1.807) is 0 Å². The molecule has 0 aromatic heterocycles. The average Bonchev–Trinajstić information content (AvgIpc) is 2.57. The lowest BCUT2D eigenvalue weighted by atomic mass is 10.1.